The van der Waals surface area contributed by atoms with Crippen molar-refractivity contribution in [1.82, 2.24) is 10.2 Å². The predicted molar refractivity (Wildman–Crippen MR) is 198 cm³/mol. The lowest BCUT2D eigenvalue weighted by Gasteiger charge is -2.32. The molecule has 5 aromatic carbocycles. The van der Waals surface area contributed by atoms with E-state index < -0.39 is 22.8 Å². The van der Waals surface area contributed by atoms with Gasteiger partial charge in [-0.1, -0.05) is 125 Å². The molecular weight excluding hydrogens is 711 g/mol. The molecule has 4 heterocycles. The molecule has 0 saturated heterocycles. The molecule has 2 aliphatic rings. The summed E-state index contributed by atoms with van der Waals surface area (Å²) in [5, 5.41) is 12.3. The second kappa shape index (κ2) is 11.8. The molecule has 2 aromatic heterocycles. The first kappa shape index (κ1) is 31.0. The van der Waals surface area contributed by atoms with Crippen LogP contribution in [-0.4, -0.2) is 22.0 Å². The third-order valence-corrected chi connectivity index (χ3v) is 11.9. The second-order valence-corrected chi connectivity index (χ2v) is 14.9. The van der Waals surface area contributed by atoms with Gasteiger partial charge >= 0.3 is 0 Å². The number of carbonyl (C=O) groups is 2. The number of aromatic nitrogens is 2. The maximum atomic E-state index is 15.2. The molecule has 1 atom stereocenters. The Hall–Kier alpha value is -5.00. The fourth-order valence-corrected chi connectivity index (χ4v) is 9.26. The zero-order valence-electron chi connectivity index (χ0n) is 25.8. The highest BCUT2D eigenvalue weighted by Gasteiger charge is 2.66. The van der Waals surface area contributed by atoms with E-state index in [4.69, 9.17) is 27.6 Å². The van der Waals surface area contributed by atoms with Crippen LogP contribution in [0, 0.1) is 0 Å². The average Bonchev–Trinajstić information content (AvgIpc) is 3.77. The number of rotatable bonds is 6. The number of anilines is 2. The van der Waals surface area contributed by atoms with E-state index in [2.05, 4.69) is 34.5 Å². The van der Waals surface area contributed by atoms with Crippen molar-refractivity contribution in [2.75, 3.05) is 9.80 Å². The SMILES string of the molecule is O=C1c2oc3ccc(Cl)cc3c(=O)c2C2(C(=O)N(Cc3ccccc3Cl)c3ccccc32)N1c1nnc(SCc2cccc3ccccc23)s1. The van der Waals surface area contributed by atoms with E-state index in [1.165, 1.54) is 34.1 Å². The number of para-hydroxylation sites is 1. The van der Waals surface area contributed by atoms with E-state index in [0.29, 0.717) is 37.0 Å². The molecule has 7 aromatic rings. The van der Waals surface area contributed by atoms with Gasteiger partial charge in [-0.25, -0.2) is 0 Å². The third-order valence-electron chi connectivity index (χ3n) is 9.19. The number of nitrogens with zero attached hydrogens (tertiary/aromatic N) is 4. The molecular formula is C38H22Cl2N4O4S2. The predicted octanol–water partition coefficient (Wildman–Crippen LogP) is 8.85. The topological polar surface area (TPSA) is 96.6 Å². The Balaban J connectivity index is 1.21. The van der Waals surface area contributed by atoms with E-state index in [9.17, 15) is 9.59 Å². The molecule has 8 nitrogen and oxygen atoms in total. The first-order valence-electron chi connectivity index (χ1n) is 15.6. The fourth-order valence-electron chi connectivity index (χ4n) is 7.00. The molecule has 0 N–H and O–H groups in total. The van der Waals surface area contributed by atoms with Crippen LogP contribution in [0.4, 0.5) is 10.8 Å². The molecule has 12 heteroatoms. The molecule has 0 saturated carbocycles. The van der Waals surface area contributed by atoms with Gasteiger partial charge in [0.2, 0.25) is 10.9 Å². The van der Waals surface area contributed by atoms with Gasteiger partial charge in [-0.3, -0.25) is 19.3 Å². The Morgan fingerprint density at radius 1 is 0.800 bits per heavy atom. The maximum Gasteiger partial charge on any atom is 0.297 e. The lowest BCUT2D eigenvalue weighted by atomic mass is 9.84. The quantitative estimate of drug-likeness (QED) is 0.125. The Kier molecular flexibility index (Phi) is 7.33. The number of hydrogen-bond acceptors (Lipinski definition) is 8. The zero-order chi connectivity index (χ0) is 34.1. The number of carbonyl (C=O) groups excluding carboxylic acids is 2. The number of hydrogen-bond donors (Lipinski definition) is 0. The molecule has 0 aliphatic carbocycles. The summed E-state index contributed by atoms with van der Waals surface area (Å²) in [7, 11) is 0. The highest BCUT2D eigenvalue weighted by Crippen LogP contribution is 2.55. The number of fused-ring (bicyclic) bond motifs is 6. The monoisotopic (exact) mass is 732 g/mol. The van der Waals surface area contributed by atoms with Crippen molar-refractivity contribution in [2.45, 2.75) is 22.2 Å². The number of amides is 2. The first-order valence-corrected chi connectivity index (χ1v) is 18.1. The second-order valence-electron chi connectivity index (χ2n) is 11.9. The Morgan fingerprint density at radius 2 is 1.56 bits per heavy atom. The zero-order valence-corrected chi connectivity index (χ0v) is 28.9. The molecule has 9 rings (SSSR count). The van der Waals surface area contributed by atoms with Crippen LogP contribution in [0.5, 0.6) is 0 Å². The van der Waals surface area contributed by atoms with Crippen LogP contribution in [0.25, 0.3) is 21.7 Å². The Morgan fingerprint density at radius 3 is 2.44 bits per heavy atom. The summed E-state index contributed by atoms with van der Waals surface area (Å²) in [5.74, 6) is -0.805. The van der Waals surface area contributed by atoms with E-state index in [1.54, 1.807) is 41.3 Å². The van der Waals surface area contributed by atoms with Gasteiger partial charge in [-0.15, -0.1) is 10.2 Å². The lowest BCUT2D eigenvalue weighted by Crippen LogP contribution is -2.53. The highest BCUT2D eigenvalue weighted by molar-refractivity contribution is 8.00. The molecule has 0 fully saturated rings. The molecule has 2 aliphatic heterocycles. The summed E-state index contributed by atoms with van der Waals surface area (Å²) in [5.41, 5.74) is 0.430. The van der Waals surface area contributed by atoms with Gasteiger partial charge in [-0.2, -0.15) is 0 Å². The number of thioether (sulfide) groups is 1. The van der Waals surface area contributed by atoms with Crippen LogP contribution in [0.15, 0.2) is 123 Å². The van der Waals surface area contributed by atoms with Gasteiger partial charge in [0.1, 0.15) is 5.58 Å². The van der Waals surface area contributed by atoms with Crippen molar-refractivity contribution < 1.29 is 14.0 Å². The largest absolute Gasteiger partial charge is 0.450 e. The van der Waals surface area contributed by atoms with Crippen LogP contribution >= 0.6 is 46.3 Å². The van der Waals surface area contributed by atoms with Gasteiger partial charge in [-0.05, 0) is 52.2 Å². The smallest absolute Gasteiger partial charge is 0.297 e. The lowest BCUT2D eigenvalue weighted by molar-refractivity contribution is -0.121. The molecule has 1 spiro atoms. The van der Waals surface area contributed by atoms with E-state index in [0.717, 1.165) is 16.3 Å². The first-order chi connectivity index (χ1) is 24.4. The summed E-state index contributed by atoms with van der Waals surface area (Å²) in [4.78, 5) is 47.3. The van der Waals surface area contributed by atoms with Crippen LogP contribution in [0.2, 0.25) is 10.0 Å². The minimum Gasteiger partial charge on any atom is -0.450 e. The van der Waals surface area contributed by atoms with Crippen molar-refractivity contribution in [3.63, 3.8) is 0 Å². The Bertz CT molecular complexity index is 2620. The average molecular weight is 734 g/mol. The van der Waals surface area contributed by atoms with Crippen molar-refractivity contribution in [2.24, 2.45) is 0 Å². The summed E-state index contributed by atoms with van der Waals surface area (Å²) in [6.45, 7) is 0.0988. The molecule has 244 valence electrons. The van der Waals surface area contributed by atoms with Gasteiger partial charge in [0, 0.05) is 21.4 Å². The van der Waals surface area contributed by atoms with Gasteiger partial charge in [0.25, 0.3) is 11.8 Å². The summed E-state index contributed by atoms with van der Waals surface area (Å²) >= 11 is 15.6. The minimum atomic E-state index is -1.93. The van der Waals surface area contributed by atoms with Gasteiger partial charge in [0.15, 0.2) is 15.3 Å². The normalized spacial score (nSPS) is 16.6. The highest BCUT2D eigenvalue weighted by atomic mass is 35.5. The van der Waals surface area contributed by atoms with Crippen molar-refractivity contribution >= 4 is 90.7 Å². The van der Waals surface area contributed by atoms with Crippen LogP contribution in [0.3, 0.4) is 0 Å². The van der Waals surface area contributed by atoms with Crippen molar-refractivity contribution in [1.29, 1.82) is 0 Å². The molecule has 0 radical (unpaired) electrons. The summed E-state index contributed by atoms with van der Waals surface area (Å²) in [6.07, 6.45) is 0. The van der Waals surface area contributed by atoms with Crippen molar-refractivity contribution in [3.05, 3.63) is 157 Å². The maximum absolute atomic E-state index is 15.2. The van der Waals surface area contributed by atoms with Crippen LogP contribution in [0.1, 0.15) is 32.8 Å². The van der Waals surface area contributed by atoms with E-state index in [1.807, 2.05) is 42.5 Å². The summed E-state index contributed by atoms with van der Waals surface area (Å²) in [6, 6.07) is 33.3. The molecule has 50 heavy (non-hydrogen) atoms. The van der Waals surface area contributed by atoms with Crippen LogP contribution in [-0.2, 0) is 22.6 Å². The van der Waals surface area contributed by atoms with Gasteiger partial charge in [0.05, 0.1) is 23.2 Å². The minimum absolute atomic E-state index is 0.0865. The number of benzene rings is 5. The van der Waals surface area contributed by atoms with Crippen LogP contribution < -0.4 is 15.2 Å². The summed E-state index contributed by atoms with van der Waals surface area (Å²) < 4.78 is 6.78. The molecule has 2 amide bonds. The molecule has 1 unspecified atom stereocenters. The standard InChI is InChI=1S/C38H22Cl2N4O4S2/c39-24-16-17-30-26(18-24)32(45)31-33(48-30)34(46)44(36-41-42-37(50-36)49-20-23-11-7-10-21-8-1-3-12-25(21)23)38(31)27-13-4-6-15-29(27)43(35(38)47)19-22-9-2-5-14-28(22)40/h1-18H,19-20H2. The Labute approximate surface area is 302 Å². The third kappa shape index (κ3) is 4.56. The molecule has 0 bridgehead atoms. The number of halogens is 2. The van der Waals surface area contributed by atoms with E-state index >= 15 is 4.79 Å². The van der Waals surface area contributed by atoms with Crippen molar-refractivity contribution in [3.8, 4) is 0 Å². The van der Waals surface area contributed by atoms with E-state index in [-0.39, 0.29) is 34.0 Å². The van der Waals surface area contributed by atoms with Gasteiger partial charge < -0.3 is 9.32 Å². The fraction of sp³-hybridized carbons (Fsp3) is 0.0789.